The van der Waals surface area contributed by atoms with E-state index in [2.05, 4.69) is 0 Å². The monoisotopic (exact) mass is 289 g/mol. The van der Waals surface area contributed by atoms with E-state index in [1.165, 1.54) is 6.42 Å². The van der Waals surface area contributed by atoms with E-state index in [-0.39, 0.29) is 18.3 Å². The Bertz CT molecular complexity index is 519. The summed E-state index contributed by atoms with van der Waals surface area (Å²) in [5.74, 6) is 0.841. The Morgan fingerprint density at radius 2 is 1.86 bits per heavy atom. The smallest absolute Gasteiger partial charge is 0.253 e. The Morgan fingerprint density at radius 3 is 2.57 bits per heavy atom. The Balaban J connectivity index is 0.000000774. The van der Waals surface area contributed by atoms with Crippen molar-refractivity contribution in [3.05, 3.63) is 29.3 Å². The van der Waals surface area contributed by atoms with Gasteiger partial charge in [-0.25, -0.2) is 0 Å². The Kier molecular flexibility index (Phi) is 5.37. The summed E-state index contributed by atoms with van der Waals surface area (Å²) in [6.07, 6.45) is 3.79. The number of benzene rings is 1. The van der Waals surface area contributed by atoms with Crippen molar-refractivity contribution in [2.45, 2.75) is 39.5 Å². The molecule has 0 spiro atoms. The second-order valence-corrected chi connectivity index (χ2v) is 5.18. The van der Waals surface area contributed by atoms with Crippen LogP contribution in [-0.4, -0.2) is 36.3 Å². The Hall–Kier alpha value is -1.84. The van der Waals surface area contributed by atoms with Crippen molar-refractivity contribution in [2.75, 3.05) is 19.7 Å². The molecule has 2 aliphatic heterocycles. The second-order valence-electron chi connectivity index (χ2n) is 5.18. The number of piperidine rings is 1. The number of fused-ring (bicyclic) bond motifs is 1. The lowest BCUT2D eigenvalue weighted by molar-refractivity contribution is -0.121. The summed E-state index contributed by atoms with van der Waals surface area (Å²) < 4.78 is 5.39. The minimum atomic E-state index is 0.0722. The number of carbonyl (C=O) groups is 2. The molecule has 3 rings (SSSR count). The number of ketones is 1. The molecule has 0 N–H and O–H groups in total. The van der Waals surface area contributed by atoms with Crippen LogP contribution in [0.1, 0.15) is 49.0 Å². The zero-order valence-electron chi connectivity index (χ0n) is 12.9. The molecule has 0 unspecified atom stereocenters. The van der Waals surface area contributed by atoms with E-state index in [0.717, 1.165) is 31.5 Å². The normalized spacial score (nSPS) is 17.2. The van der Waals surface area contributed by atoms with Crippen molar-refractivity contribution in [2.24, 2.45) is 0 Å². The fourth-order valence-corrected chi connectivity index (χ4v) is 2.67. The number of ether oxygens (including phenoxy) is 1. The molecule has 0 atom stereocenters. The highest BCUT2D eigenvalue weighted by atomic mass is 16.5. The zero-order valence-corrected chi connectivity index (χ0v) is 12.9. The molecule has 114 valence electrons. The summed E-state index contributed by atoms with van der Waals surface area (Å²) in [6.45, 7) is 5.80. The molecule has 0 bridgehead atoms. The first kappa shape index (κ1) is 15.5. The number of hydrogen-bond donors (Lipinski definition) is 0. The molecular formula is C17H23NO3. The largest absolute Gasteiger partial charge is 0.486 e. The molecule has 1 amide bonds. The molecule has 2 aliphatic rings. The quantitative estimate of drug-likeness (QED) is 0.798. The highest BCUT2D eigenvalue weighted by molar-refractivity contribution is 5.95. The van der Waals surface area contributed by atoms with Crippen LogP contribution in [0.5, 0.6) is 5.75 Å². The third-order valence-electron chi connectivity index (χ3n) is 3.73. The van der Waals surface area contributed by atoms with Crippen LogP contribution in [0.4, 0.5) is 0 Å². The van der Waals surface area contributed by atoms with Gasteiger partial charge in [-0.15, -0.1) is 0 Å². The zero-order chi connectivity index (χ0) is 15.2. The van der Waals surface area contributed by atoms with Crippen LogP contribution in [0.25, 0.3) is 0 Å². The summed E-state index contributed by atoms with van der Waals surface area (Å²) >= 11 is 0. The van der Waals surface area contributed by atoms with Gasteiger partial charge in [0.15, 0.2) is 5.78 Å². The number of rotatable bonds is 1. The van der Waals surface area contributed by atoms with Gasteiger partial charge in [-0.1, -0.05) is 19.9 Å². The van der Waals surface area contributed by atoms with Crippen molar-refractivity contribution in [3.8, 4) is 5.75 Å². The summed E-state index contributed by atoms with van der Waals surface area (Å²) in [6, 6.07) is 5.42. The summed E-state index contributed by atoms with van der Waals surface area (Å²) in [4.78, 5) is 25.5. The van der Waals surface area contributed by atoms with Gasteiger partial charge < -0.3 is 9.64 Å². The molecule has 1 fully saturated rings. The SMILES string of the molecule is CC.O=C1COc2cc(C(=O)N3CCCCC3)ccc2C1. The number of carbonyl (C=O) groups excluding carboxylic acids is 2. The van der Waals surface area contributed by atoms with E-state index in [1.807, 2.05) is 24.8 Å². The van der Waals surface area contributed by atoms with Gasteiger partial charge in [0.2, 0.25) is 0 Å². The van der Waals surface area contributed by atoms with E-state index >= 15 is 0 Å². The topological polar surface area (TPSA) is 46.6 Å². The third kappa shape index (κ3) is 3.63. The number of amides is 1. The van der Waals surface area contributed by atoms with Gasteiger partial charge in [0.05, 0.1) is 0 Å². The van der Waals surface area contributed by atoms with Gasteiger partial charge in [0.25, 0.3) is 5.91 Å². The van der Waals surface area contributed by atoms with Crippen LogP contribution in [0.3, 0.4) is 0 Å². The van der Waals surface area contributed by atoms with Gasteiger partial charge >= 0.3 is 0 Å². The summed E-state index contributed by atoms with van der Waals surface area (Å²) in [5.41, 5.74) is 1.54. The van der Waals surface area contributed by atoms with Gasteiger partial charge in [-0.05, 0) is 31.4 Å². The van der Waals surface area contributed by atoms with Crippen molar-refractivity contribution >= 4 is 11.7 Å². The molecular weight excluding hydrogens is 266 g/mol. The number of Topliss-reactive ketones (excluding diaryl/α,β-unsaturated/α-hetero) is 1. The average Bonchev–Trinajstić information content (AvgIpc) is 2.56. The highest BCUT2D eigenvalue weighted by Gasteiger charge is 2.22. The summed E-state index contributed by atoms with van der Waals surface area (Å²) in [5, 5.41) is 0. The molecule has 4 heteroatoms. The molecule has 4 nitrogen and oxygen atoms in total. The molecule has 21 heavy (non-hydrogen) atoms. The van der Waals surface area contributed by atoms with Crippen LogP contribution in [0.2, 0.25) is 0 Å². The minimum absolute atomic E-state index is 0.0722. The lowest BCUT2D eigenvalue weighted by atomic mass is 10.0. The molecule has 0 saturated carbocycles. The average molecular weight is 289 g/mol. The van der Waals surface area contributed by atoms with Gasteiger partial charge in [0, 0.05) is 30.6 Å². The Labute approximate surface area is 126 Å². The number of likely N-dealkylation sites (tertiary alicyclic amines) is 1. The molecule has 1 saturated heterocycles. The van der Waals surface area contributed by atoms with Crippen LogP contribution >= 0.6 is 0 Å². The van der Waals surface area contributed by atoms with Crippen molar-refractivity contribution in [1.29, 1.82) is 0 Å². The van der Waals surface area contributed by atoms with Crippen molar-refractivity contribution in [3.63, 3.8) is 0 Å². The van der Waals surface area contributed by atoms with E-state index in [1.54, 1.807) is 12.1 Å². The molecule has 0 aromatic heterocycles. The lowest BCUT2D eigenvalue weighted by Gasteiger charge is -2.27. The lowest BCUT2D eigenvalue weighted by Crippen LogP contribution is -2.35. The van der Waals surface area contributed by atoms with Crippen LogP contribution < -0.4 is 4.74 Å². The molecule has 1 aromatic rings. The predicted octanol–water partition coefficient (Wildman–Crippen LogP) is 2.84. The minimum Gasteiger partial charge on any atom is -0.486 e. The maximum Gasteiger partial charge on any atom is 0.253 e. The van der Waals surface area contributed by atoms with Crippen molar-refractivity contribution < 1.29 is 14.3 Å². The number of hydrogen-bond acceptors (Lipinski definition) is 3. The van der Waals surface area contributed by atoms with E-state index < -0.39 is 0 Å². The fraction of sp³-hybridized carbons (Fsp3) is 0.529. The van der Waals surface area contributed by atoms with Crippen LogP contribution in [0, 0.1) is 0 Å². The van der Waals surface area contributed by atoms with Gasteiger partial charge in [0.1, 0.15) is 12.4 Å². The van der Waals surface area contributed by atoms with E-state index in [4.69, 9.17) is 4.74 Å². The second kappa shape index (κ2) is 7.25. The molecule has 0 radical (unpaired) electrons. The first-order valence-corrected chi connectivity index (χ1v) is 7.81. The van der Waals surface area contributed by atoms with E-state index in [9.17, 15) is 9.59 Å². The standard InChI is InChI=1S/C15H17NO3.C2H6/c17-13-8-11-4-5-12(9-14(11)19-10-13)15(18)16-6-2-1-3-7-16;1-2/h4-5,9H,1-3,6-8,10H2;1-2H3. The predicted molar refractivity (Wildman–Crippen MR) is 81.8 cm³/mol. The third-order valence-corrected chi connectivity index (χ3v) is 3.73. The molecule has 0 aliphatic carbocycles. The maximum atomic E-state index is 12.4. The summed E-state index contributed by atoms with van der Waals surface area (Å²) in [7, 11) is 0. The van der Waals surface area contributed by atoms with E-state index in [0.29, 0.717) is 17.7 Å². The highest BCUT2D eigenvalue weighted by Crippen LogP contribution is 2.25. The van der Waals surface area contributed by atoms with Gasteiger partial charge in [-0.2, -0.15) is 0 Å². The van der Waals surface area contributed by atoms with Crippen LogP contribution in [-0.2, 0) is 11.2 Å². The molecule has 1 aromatic carbocycles. The van der Waals surface area contributed by atoms with Gasteiger partial charge in [-0.3, -0.25) is 9.59 Å². The fourth-order valence-electron chi connectivity index (χ4n) is 2.67. The number of nitrogens with zero attached hydrogens (tertiary/aromatic N) is 1. The first-order valence-electron chi connectivity index (χ1n) is 7.81. The maximum absolute atomic E-state index is 12.4. The first-order chi connectivity index (χ1) is 10.2. The van der Waals surface area contributed by atoms with Crippen molar-refractivity contribution in [1.82, 2.24) is 4.90 Å². The Morgan fingerprint density at radius 1 is 1.14 bits per heavy atom. The van der Waals surface area contributed by atoms with Crippen LogP contribution in [0.15, 0.2) is 18.2 Å². The molecule has 2 heterocycles.